The van der Waals surface area contributed by atoms with E-state index in [1.807, 2.05) is 24.3 Å². The molecule has 0 aliphatic rings. The van der Waals surface area contributed by atoms with Gasteiger partial charge in [0.1, 0.15) is 5.75 Å². The fraction of sp³-hybridized carbons (Fsp3) is 0.545. The van der Waals surface area contributed by atoms with Gasteiger partial charge in [0.25, 0.3) is 0 Å². The van der Waals surface area contributed by atoms with Crippen molar-refractivity contribution in [3.8, 4) is 5.75 Å². The molecule has 0 spiro atoms. The topological polar surface area (TPSA) is 61.4 Å². The van der Waals surface area contributed by atoms with Gasteiger partial charge in [0.2, 0.25) is 5.91 Å². The minimum Gasteiger partial charge on any atom is -0.508 e. The van der Waals surface area contributed by atoms with E-state index in [2.05, 4.69) is 17.6 Å². The smallest absolute Gasteiger partial charge is 0.248 e. The van der Waals surface area contributed by atoms with Crippen molar-refractivity contribution >= 4 is 23.4 Å². The normalized spacial score (nSPS) is 11.2. The van der Waals surface area contributed by atoms with Gasteiger partial charge in [0, 0.05) is 24.0 Å². The second kappa shape index (κ2) is 20.3. The maximum Gasteiger partial charge on any atom is 0.248 e. The number of anilines is 2. The van der Waals surface area contributed by atoms with Gasteiger partial charge in [-0.25, -0.2) is 0 Å². The molecule has 0 saturated heterocycles. The molecule has 0 aliphatic heterocycles. The summed E-state index contributed by atoms with van der Waals surface area (Å²) in [6.07, 6.45) is 25.4. The quantitative estimate of drug-likeness (QED) is 0.117. The lowest BCUT2D eigenvalue weighted by molar-refractivity contribution is -0.111. The minimum atomic E-state index is -0.178. The van der Waals surface area contributed by atoms with E-state index >= 15 is 0 Å². The highest BCUT2D eigenvalue weighted by atomic mass is 16.3. The van der Waals surface area contributed by atoms with E-state index in [1.165, 1.54) is 109 Å². The van der Waals surface area contributed by atoms with Crippen molar-refractivity contribution < 1.29 is 9.90 Å². The lowest BCUT2D eigenvalue weighted by atomic mass is 10.0. The first-order chi connectivity index (χ1) is 18.2. The van der Waals surface area contributed by atoms with E-state index < -0.39 is 0 Å². The van der Waals surface area contributed by atoms with Gasteiger partial charge < -0.3 is 15.7 Å². The summed E-state index contributed by atoms with van der Waals surface area (Å²) >= 11 is 0. The SMILES string of the molecule is CCCCCCCCCCCCCCCCCCNc1cccc(NC(=O)C=Cc2ccc(O)cc2)c1. The van der Waals surface area contributed by atoms with Crippen LogP contribution in [0.2, 0.25) is 0 Å². The van der Waals surface area contributed by atoms with Crippen LogP contribution in [0.3, 0.4) is 0 Å². The van der Waals surface area contributed by atoms with E-state index in [4.69, 9.17) is 0 Å². The molecule has 0 saturated carbocycles. The van der Waals surface area contributed by atoms with Crippen LogP contribution in [-0.2, 0) is 4.79 Å². The number of unbranched alkanes of at least 4 members (excludes halogenated alkanes) is 15. The number of amides is 1. The van der Waals surface area contributed by atoms with E-state index in [0.717, 1.165) is 23.5 Å². The van der Waals surface area contributed by atoms with Crippen molar-refractivity contribution in [2.24, 2.45) is 0 Å². The summed E-state index contributed by atoms with van der Waals surface area (Å²) in [4.78, 5) is 12.2. The molecule has 0 bridgehead atoms. The fourth-order valence-corrected chi connectivity index (χ4v) is 4.55. The predicted octanol–water partition coefficient (Wildman–Crippen LogP) is 9.72. The summed E-state index contributed by atoms with van der Waals surface area (Å²) in [5, 5.41) is 15.7. The summed E-state index contributed by atoms with van der Waals surface area (Å²) in [6.45, 7) is 3.24. The standard InChI is InChI=1S/C33H50N2O2/c1-2-3-4-5-6-7-8-9-10-11-12-13-14-15-16-17-27-34-30-19-18-20-31(28-30)35-33(37)26-23-29-21-24-32(36)25-22-29/h18-26,28,34,36H,2-17,27H2,1H3,(H,35,37). The van der Waals surface area contributed by atoms with Gasteiger partial charge in [-0.15, -0.1) is 0 Å². The maximum absolute atomic E-state index is 12.2. The van der Waals surface area contributed by atoms with Crippen molar-refractivity contribution in [3.05, 3.63) is 60.2 Å². The van der Waals surface area contributed by atoms with E-state index in [0.29, 0.717) is 0 Å². The maximum atomic E-state index is 12.2. The summed E-state index contributed by atoms with van der Waals surface area (Å²) in [5.41, 5.74) is 2.67. The van der Waals surface area contributed by atoms with E-state index in [9.17, 15) is 9.90 Å². The number of rotatable bonds is 21. The second-order valence-electron chi connectivity index (χ2n) is 10.2. The van der Waals surface area contributed by atoms with Crippen LogP contribution in [0.15, 0.2) is 54.6 Å². The Labute approximate surface area is 226 Å². The Morgan fingerprint density at radius 1 is 0.703 bits per heavy atom. The zero-order valence-corrected chi connectivity index (χ0v) is 23.1. The van der Waals surface area contributed by atoms with Crippen LogP contribution in [0.1, 0.15) is 115 Å². The van der Waals surface area contributed by atoms with Crippen molar-refractivity contribution in [2.75, 3.05) is 17.2 Å². The Morgan fingerprint density at radius 2 is 1.22 bits per heavy atom. The Balaban J connectivity index is 1.45. The molecule has 0 radical (unpaired) electrons. The molecule has 0 atom stereocenters. The highest BCUT2D eigenvalue weighted by molar-refractivity contribution is 6.02. The number of benzene rings is 2. The summed E-state index contributed by atoms with van der Waals surface area (Å²) < 4.78 is 0. The molecule has 2 aromatic carbocycles. The monoisotopic (exact) mass is 506 g/mol. The van der Waals surface area contributed by atoms with Crippen molar-refractivity contribution in [1.29, 1.82) is 0 Å². The van der Waals surface area contributed by atoms with Gasteiger partial charge in [-0.05, 0) is 48.4 Å². The van der Waals surface area contributed by atoms with Gasteiger partial charge in [-0.2, -0.15) is 0 Å². The molecule has 0 fully saturated rings. The average molecular weight is 507 g/mol. The first-order valence-corrected chi connectivity index (χ1v) is 14.8. The number of hydrogen-bond donors (Lipinski definition) is 3. The molecule has 3 N–H and O–H groups in total. The highest BCUT2D eigenvalue weighted by Gasteiger charge is 2.00. The van der Waals surface area contributed by atoms with Crippen LogP contribution < -0.4 is 10.6 Å². The minimum absolute atomic E-state index is 0.178. The third kappa shape index (κ3) is 15.9. The van der Waals surface area contributed by atoms with Crippen LogP contribution in [0, 0.1) is 0 Å². The molecule has 2 aromatic rings. The molecule has 1 amide bonds. The van der Waals surface area contributed by atoms with E-state index in [-0.39, 0.29) is 11.7 Å². The lowest BCUT2D eigenvalue weighted by Crippen LogP contribution is -2.08. The molecule has 0 heterocycles. The molecule has 37 heavy (non-hydrogen) atoms. The number of aromatic hydroxyl groups is 1. The Kier molecular flexibility index (Phi) is 16.7. The number of phenolic OH excluding ortho intramolecular Hbond substituents is 1. The molecule has 4 nitrogen and oxygen atoms in total. The molecule has 0 unspecified atom stereocenters. The summed E-state index contributed by atoms with van der Waals surface area (Å²) in [6, 6.07) is 14.6. The van der Waals surface area contributed by atoms with Gasteiger partial charge >= 0.3 is 0 Å². The van der Waals surface area contributed by atoms with Crippen LogP contribution in [0.5, 0.6) is 5.75 Å². The molecule has 2 rings (SSSR count). The molecule has 0 aromatic heterocycles. The predicted molar refractivity (Wildman–Crippen MR) is 160 cm³/mol. The van der Waals surface area contributed by atoms with Crippen LogP contribution in [0.25, 0.3) is 6.08 Å². The van der Waals surface area contributed by atoms with E-state index in [1.54, 1.807) is 30.3 Å². The van der Waals surface area contributed by atoms with Gasteiger partial charge in [-0.1, -0.05) is 121 Å². The van der Waals surface area contributed by atoms with Crippen molar-refractivity contribution in [1.82, 2.24) is 0 Å². The van der Waals surface area contributed by atoms with Crippen LogP contribution in [-0.4, -0.2) is 17.6 Å². The zero-order chi connectivity index (χ0) is 26.4. The van der Waals surface area contributed by atoms with Gasteiger partial charge in [0.15, 0.2) is 0 Å². The zero-order valence-electron chi connectivity index (χ0n) is 23.1. The third-order valence-corrected chi connectivity index (χ3v) is 6.81. The first-order valence-electron chi connectivity index (χ1n) is 14.8. The second-order valence-corrected chi connectivity index (χ2v) is 10.2. The van der Waals surface area contributed by atoms with Gasteiger partial charge in [-0.3, -0.25) is 4.79 Å². The molecule has 4 heteroatoms. The van der Waals surface area contributed by atoms with Gasteiger partial charge in [0.05, 0.1) is 0 Å². The number of carbonyl (C=O) groups is 1. The molecular weight excluding hydrogens is 456 g/mol. The van der Waals surface area contributed by atoms with Crippen molar-refractivity contribution in [3.63, 3.8) is 0 Å². The Morgan fingerprint density at radius 3 is 1.78 bits per heavy atom. The molecule has 204 valence electrons. The number of nitrogens with one attached hydrogen (secondary N) is 2. The fourth-order valence-electron chi connectivity index (χ4n) is 4.55. The Hall–Kier alpha value is -2.75. The number of hydrogen-bond acceptors (Lipinski definition) is 3. The third-order valence-electron chi connectivity index (χ3n) is 6.81. The molecule has 0 aliphatic carbocycles. The largest absolute Gasteiger partial charge is 0.508 e. The average Bonchev–Trinajstić information content (AvgIpc) is 2.90. The number of carbonyl (C=O) groups excluding carboxylic acids is 1. The van der Waals surface area contributed by atoms with Crippen LogP contribution >= 0.6 is 0 Å². The number of phenols is 1. The van der Waals surface area contributed by atoms with Crippen LogP contribution in [0.4, 0.5) is 11.4 Å². The summed E-state index contributed by atoms with van der Waals surface area (Å²) in [5.74, 6) is 0.0357. The highest BCUT2D eigenvalue weighted by Crippen LogP contribution is 2.17. The van der Waals surface area contributed by atoms with Crippen molar-refractivity contribution in [2.45, 2.75) is 110 Å². The molecular formula is C33H50N2O2. The first kappa shape index (κ1) is 30.5. The summed E-state index contributed by atoms with van der Waals surface area (Å²) in [7, 11) is 0. The lowest BCUT2D eigenvalue weighted by Gasteiger charge is -2.09. The Bertz CT molecular complexity index is 876.